The summed E-state index contributed by atoms with van der Waals surface area (Å²) in [4.78, 5) is 17.3. The molecular weight excluding hydrogens is 395 g/mol. The highest BCUT2D eigenvalue weighted by Crippen LogP contribution is 2.21. The second-order valence-corrected chi connectivity index (χ2v) is 7.51. The third-order valence-electron chi connectivity index (χ3n) is 5.26. The third kappa shape index (κ3) is 4.40. The fraction of sp³-hybridized carbons (Fsp3) is 0.208. The number of aryl methyl sites for hydroxylation is 1. The smallest absolute Gasteiger partial charge is 0.253 e. The molecule has 0 bridgehead atoms. The first-order valence-electron chi connectivity index (χ1n) is 10.0. The van der Waals surface area contributed by atoms with Gasteiger partial charge in [0.15, 0.2) is 0 Å². The molecule has 1 amide bonds. The molecule has 31 heavy (non-hydrogen) atoms. The first-order chi connectivity index (χ1) is 14.9. The molecule has 6 nitrogen and oxygen atoms in total. The molecule has 2 aromatic carbocycles. The van der Waals surface area contributed by atoms with Crippen LogP contribution in [-0.4, -0.2) is 20.6 Å². The Labute approximate surface area is 179 Å². The van der Waals surface area contributed by atoms with Crippen LogP contribution in [0.5, 0.6) is 0 Å². The molecule has 1 unspecified atom stereocenters. The van der Waals surface area contributed by atoms with E-state index in [0.717, 1.165) is 11.4 Å². The van der Waals surface area contributed by atoms with E-state index in [0.29, 0.717) is 23.5 Å². The standard InChI is InChI=1S/C24H23FN4O2/c1-15-13-21(17(3)29(15)14-18-7-5-4-6-8-18)23(30)26-16(2)24-27-22(28-31-24)19-9-11-20(25)12-10-19/h4-13,16H,14H2,1-3H3,(H,26,30). The van der Waals surface area contributed by atoms with Crippen LogP contribution in [0.1, 0.15) is 46.2 Å². The van der Waals surface area contributed by atoms with Crippen LogP contribution in [0, 0.1) is 19.7 Å². The van der Waals surface area contributed by atoms with E-state index in [2.05, 4.69) is 32.2 Å². The van der Waals surface area contributed by atoms with Crippen molar-refractivity contribution in [2.45, 2.75) is 33.4 Å². The van der Waals surface area contributed by atoms with E-state index in [1.807, 2.05) is 38.1 Å². The predicted molar refractivity (Wildman–Crippen MR) is 115 cm³/mol. The van der Waals surface area contributed by atoms with Crippen LogP contribution in [0.25, 0.3) is 11.4 Å². The van der Waals surface area contributed by atoms with E-state index in [1.165, 1.54) is 17.7 Å². The lowest BCUT2D eigenvalue weighted by molar-refractivity contribution is 0.0931. The summed E-state index contributed by atoms with van der Waals surface area (Å²) >= 11 is 0. The predicted octanol–water partition coefficient (Wildman–Crippen LogP) is 4.83. The van der Waals surface area contributed by atoms with Crippen LogP contribution >= 0.6 is 0 Å². The van der Waals surface area contributed by atoms with Crippen molar-refractivity contribution in [2.75, 3.05) is 0 Å². The maximum Gasteiger partial charge on any atom is 0.253 e. The Kier molecular flexibility index (Phi) is 5.66. The molecule has 0 spiro atoms. The quantitative estimate of drug-likeness (QED) is 0.487. The Balaban J connectivity index is 1.48. The average molecular weight is 418 g/mol. The molecule has 2 heterocycles. The summed E-state index contributed by atoms with van der Waals surface area (Å²) in [7, 11) is 0. The topological polar surface area (TPSA) is 73.0 Å². The van der Waals surface area contributed by atoms with Gasteiger partial charge in [-0.25, -0.2) is 4.39 Å². The van der Waals surface area contributed by atoms with Crippen LogP contribution in [-0.2, 0) is 6.54 Å². The van der Waals surface area contributed by atoms with Crippen molar-refractivity contribution < 1.29 is 13.7 Å². The van der Waals surface area contributed by atoms with Gasteiger partial charge in [0.1, 0.15) is 11.9 Å². The van der Waals surface area contributed by atoms with E-state index in [-0.39, 0.29) is 17.6 Å². The van der Waals surface area contributed by atoms with Crippen molar-refractivity contribution in [3.05, 3.63) is 94.9 Å². The number of benzene rings is 2. The Morgan fingerprint density at radius 3 is 2.55 bits per heavy atom. The molecule has 0 saturated heterocycles. The lowest BCUT2D eigenvalue weighted by atomic mass is 10.2. The summed E-state index contributed by atoms with van der Waals surface area (Å²) in [5.41, 5.74) is 4.32. The maximum atomic E-state index is 13.1. The molecule has 0 aliphatic heterocycles. The highest BCUT2D eigenvalue weighted by atomic mass is 19.1. The van der Waals surface area contributed by atoms with Gasteiger partial charge in [0.05, 0.1) is 5.56 Å². The fourth-order valence-electron chi connectivity index (χ4n) is 3.50. The summed E-state index contributed by atoms with van der Waals surface area (Å²) < 4.78 is 20.5. The molecule has 0 fully saturated rings. The molecule has 0 saturated carbocycles. The third-order valence-corrected chi connectivity index (χ3v) is 5.26. The normalized spacial score (nSPS) is 12.0. The lowest BCUT2D eigenvalue weighted by Crippen LogP contribution is -2.27. The molecule has 4 rings (SSSR count). The van der Waals surface area contributed by atoms with Gasteiger partial charge in [-0.2, -0.15) is 4.98 Å². The maximum absolute atomic E-state index is 13.1. The van der Waals surface area contributed by atoms with Crippen LogP contribution in [0.3, 0.4) is 0 Å². The van der Waals surface area contributed by atoms with Crippen molar-refractivity contribution in [3.63, 3.8) is 0 Å². The molecular formula is C24H23FN4O2. The molecule has 158 valence electrons. The molecule has 0 aliphatic rings. The summed E-state index contributed by atoms with van der Waals surface area (Å²) in [6, 6.07) is 17.4. The van der Waals surface area contributed by atoms with E-state index in [9.17, 15) is 9.18 Å². The second-order valence-electron chi connectivity index (χ2n) is 7.51. The van der Waals surface area contributed by atoms with E-state index >= 15 is 0 Å². The molecule has 1 N–H and O–H groups in total. The number of carbonyl (C=O) groups excluding carboxylic acids is 1. The van der Waals surface area contributed by atoms with Crippen molar-refractivity contribution >= 4 is 5.91 Å². The number of rotatable bonds is 6. The minimum atomic E-state index is -0.480. The van der Waals surface area contributed by atoms with Crippen LogP contribution in [0.15, 0.2) is 65.2 Å². The number of amides is 1. The minimum absolute atomic E-state index is 0.207. The molecule has 7 heteroatoms. The van der Waals surface area contributed by atoms with Crippen molar-refractivity contribution in [1.82, 2.24) is 20.0 Å². The fourth-order valence-corrected chi connectivity index (χ4v) is 3.50. The Hall–Kier alpha value is -3.74. The largest absolute Gasteiger partial charge is 0.344 e. The minimum Gasteiger partial charge on any atom is -0.344 e. The monoisotopic (exact) mass is 418 g/mol. The van der Waals surface area contributed by atoms with Gasteiger partial charge in [0.2, 0.25) is 11.7 Å². The Morgan fingerprint density at radius 1 is 1.13 bits per heavy atom. The first kappa shape index (κ1) is 20.5. The second kappa shape index (κ2) is 8.55. The Bertz CT molecular complexity index is 1200. The zero-order valence-electron chi connectivity index (χ0n) is 17.6. The van der Waals surface area contributed by atoms with Crippen molar-refractivity contribution in [3.8, 4) is 11.4 Å². The van der Waals surface area contributed by atoms with Crippen LogP contribution in [0.2, 0.25) is 0 Å². The molecule has 1 atom stereocenters. The van der Waals surface area contributed by atoms with Gasteiger partial charge in [-0.1, -0.05) is 35.5 Å². The summed E-state index contributed by atoms with van der Waals surface area (Å²) in [6.07, 6.45) is 0. The summed E-state index contributed by atoms with van der Waals surface area (Å²) in [5, 5.41) is 6.86. The van der Waals surface area contributed by atoms with Crippen LogP contribution < -0.4 is 5.32 Å². The lowest BCUT2D eigenvalue weighted by Gasteiger charge is -2.11. The number of hydrogen-bond donors (Lipinski definition) is 1. The average Bonchev–Trinajstić information content (AvgIpc) is 3.36. The summed E-state index contributed by atoms with van der Waals surface area (Å²) in [5.74, 6) is 0.0855. The van der Waals surface area contributed by atoms with Gasteiger partial charge in [0, 0.05) is 23.5 Å². The number of hydrogen-bond acceptors (Lipinski definition) is 4. The molecule has 4 aromatic rings. The van der Waals surface area contributed by atoms with E-state index in [4.69, 9.17) is 4.52 Å². The van der Waals surface area contributed by atoms with Gasteiger partial charge in [-0.05, 0) is 56.7 Å². The number of nitrogens with zero attached hydrogens (tertiary/aromatic N) is 3. The van der Waals surface area contributed by atoms with Gasteiger partial charge in [0.25, 0.3) is 5.91 Å². The van der Waals surface area contributed by atoms with Crippen molar-refractivity contribution in [2.24, 2.45) is 0 Å². The molecule has 0 radical (unpaired) electrons. The highest BCUT2D eigenvalue weighted by Gasteiger charge is 2.21. The van der Waals surface area contributed by atoms with Gasteiger partial charge < -0.3 is 14.4 Å². The number of nitrogens with one attached hydrogen (secondary N) is 1. The Morgan fingerprint density at radius 2 is 1.84 bits per heavy atom. The summed E-state index contributed by atoms with van der Waals surface area (Å²) in [6.45, 7) is 6.41. The van der Waals surface area contributed by atoms with E-state index < -0.39 is 6.04 Å². The van der Waals surface area contributed by atoms with Gasteiger partial charge >= 0.3 is 0 Å². The number of carbonyl (C=O) groups is 1. The molecule has 0 aliphatic carbocycles. The van der Waals surface area contributed by atoms with Crippen LogP contribution in [0.4, 0.5) is 4.39 Å². The zero-order valence-corrected chi connectivity index (χ0v) is 17.6. The molecule has 2 aromatic heterocycles. The van der Waals surface area contributed by atoms with E-state index in [1.54, 1.807) is 19.1 Å². The van der Waals surface area contributed by atoms with Gasteiger partial charge in [-0.15, -0.1) is 0 Å². The highest BCUT2D eigenvalue weighted by molar-refractivity contribution is 5.95. The number of aromatic nitrogens is 3. The van der Waals surface area contributed by atoms with Gasteiger partial charge in [-0.3, -0.25) is 4.79 Å². The number of halogens is 1. The van der Waals surface area contributed by atoms with Crippen molar-refractivity contribution in [1.29, 1.82) is 0 Å². The first-order valence-corrected chi connectivity index (χ1v) is 10.0. The SMILES string of the molecule is Cc1cc(C(=O)NC(C)c2nc(-c3ccc(F)cc3)no2)c(C)n1Cc1ccccc1. The zero-order chi connectivity index (χ0) is 22.0.